The Kier molecular flexibility index (Phi) is 3.47. The minimum Gasteiger partial charge on any atom is -0.396 e. The number of rotatable bonds is 3. The molecule has 0 aliphatic carbocycles. The lowest BCUT2D eigenvalue weighted by Crippen LogP contribution is -2.01. The van der Waals surface area contributed by atoms with Crippen molar-refractivity contribution in [2.75, 3.05) is 6.61 Å². The van der Waals surface area contributed by atoms with Gasteiger partial charge < -0.3 is 10.2 Å². The zero-order valence-electron chi connectivity index (χ0n) is 6.44. The summed E-state index contributed by atoms with van der Waals surface area (Å²) in [5.41, 5.74) is 0.563. The summed E-state index contributed by atoms with van der Waals surface area (Å²) in [7, 11) is 0. The molecular formula is C8H10ClNO2. The average Bonchev–Trinajstić information content (AvgIpc) is 2.05. The molecule has 0 amide bonds. The second-order valence-electron chi connectivity index (χ2n) is 2.41. The maximum atomic E-state index is 9.42. The van der Waals surface area contributed by atoms with Crippen LogP contribution in [-0.4, -0.2) is 21.8 Å². The lowest BCUT2D eigenvalue weighted by Gasteiger charge is -2.09. The SMILES string of the molecule is OCC[C@@H](O)c1cccnc1Cl. The molecule has 3 nitrogen and oxygen atoms in total. The Morgan fingerprint density at radius 1 is 1.58 bits per heavy atom. The van der Waals surface area contributed by atoms with E-state index in [1.807, 2.05) is 0 Å². The number of hydrogen-bond donors (Lipinski definition) is 2. The van der Waals surface area contributed by atoms with Crippen molar-refractivity contribution in [2.45, 2.75) is 12.5 Å². The van der Waals surface area contributed by atoms with Gasteiger partial charge in [-0.05, 0) is 6.07 Å². The van der Waals surface area contributed by atoms with Gasteiger partial charge in [-0.2, -0.15) is 0 Å². The Bertz CT molecular complexity index is 255. The van der Waals surface area contributed by atoms with Gasteiger partial charge in [-0.25, -0.2) is 4.98 Å². The number of aliphatic hydroxyl groups is 2. The molecule has 0 aromatic carbocycles. The summed E-state index contributed by atoms with van der Waals surface area (Å²) in [5.74, 6) is 0. The van der Waals surface area contributed by atoms with Gasteiger partial charge in [-0.1, -0.05) is 17.7 Å². The van der Waals surface area contributed by atoms with Crippen LogP contribution in [0, 0.1) is 0 Å². The van der Waals surface area contributed by atoms with Crippen molar-refractivity contribution in [3.05, 3.63) is 29.0 Å². The molecule has 0 aliphatic rings. The van der Waals surface area contributed by atoms with Crippen molar-refractivity contribution < 1.29 is 10.2 Å². The summed E-state index contributed by atoms with van der Waals surface area (Å²) >= 11 is 5.70. The van der Waals surface area contributed by atoms with Crippen molar-refractivity contribution in [2.24, 2.45) is 0 Å². The Hall–Kier alpha value is -0.640. The molecular weight excluding hydrogens is 178 g/mol. The van der Waals surface area contributed by atoms with E-state index in [1.165, 1.54) is 0 Å². The molecule has 1 atom stereocenters. The molecule has 66 valence electrons. The van der Waals surface area contributed by atoms with E-state index < -0.39 is 6.10 Å². The Morgan fingerprint density at radius 3 is 2.92 bits per heavy atom. The Labute approximate surface area is 75.6 Å². The predicted molar refractivity (Wildman–Crippen MR) is 45.9 cm³/mol. The quantitative estimate of drug-likeness (QED) is 0.698. The average molecular weight is 188 g/mol. The zero-order valence-corrected chi connectivity index (χ0v) is 7.20. The van der Waals surface area contributed by atoms with Gasteiger partial charge in [0.2, 0.25) is 0 Å². The molecule has 0 spiro atoms. The molecule has 0 aliphatic heterocycles. The first-order valence-corrected chi connectivity index (χ1v) is 4.03. The third kappa shape index (κ3) is 2.17. The normalized spacial score (nSPS) is 12.9. The lowest BCUT2D eigenvalue weighted by atomic mass is 10.1. The number of nitrogens with zero attached hydrogens (tertiary/aromatic N) is 1. The van der Waals surface area contributed by atoms with Crippen molar-refractivity contribution in [1.82, 2.24) is 4.98 Å². The van der Waals surface area contributed by atoms with Crippen LogP contribution in [0.15, 0.2) is 18.3 Å². The first-order chi connectivity index (χ1) is 5.75. The number of pyridine rings is 1. The fraction of sp³-hybridized carbons (Fsp3) is 0.375. The Balaban J connectivity index is 2.79. The van der Waals surface area contributed by atoms with Crippen LogP contribution in [-0.2, 0) is 0 Å². The molecule has 1 rings (SSSR count). The molecule has 1 aromatic heterocycles. The number of aliphatic hydroxyl groups excluding tert-OH is 2. The second-order valence-corrected chi connectivity index (χ2v) is 2.77. The number of hydrogen-bond acceptors (Lipinski definition) is 3. The zero-order chi connectivity index (χ0) is 8.97. The highest BCUT2D eigenvalue weighted by molar-refractivity contribution is 6.30. The highest BCUT2D eigenvalue weighted by Gasteiger charge is 2.10. The van der Waals surface area contributed by atoms with Gasteiger partial charge in [0.15, 0.2) is 0 Å². The first-order valence-electron chi connectivity index (χ1n) is 3.65. The molecule has 12 heavy (non-hydrogen) atoms. The molecule has 2 N–H and O–H groups in total. The van der Waals surface area contributed by atoms with E-state index in [0.717, 1.165) is 0 Å². The van der Waals surface area contributed by atoms with E-state index in [9.17, 15) is 5.11 Å². The summed E-state index contributed by atoms with van der Waals surface area (Å²) < 4.78 is 0. The summed E-state index contributed by atoms with van der Waals surface area (Å²) in [4.78, 5) is 3.81. The standard InChI is InChI=1S/C8H10ClNO2/c9-8-6(2-1-4-10-8)7(12)3-5-11/h1-2,4,7,11-12H,3,5H2/t7-/m1/s1. The van der Waals surface area contributed by atoms with Crippen molar-refractivity contribution >= 4 is 11.6 Å². The molecule has 1 heterocycles. The highest BCUT2D eigenvalue weighted by Crippen LogP contribution is 2.22. The van der Waals surface area contributed by atoms with E-state index in [0.29, 0.717) is 10.7 Å². The molecule has 4 heteroatoms. The number of halogens is 1. The monoisotopic (exact) mass is 187 g/mol. The molecule has 0 bridgehead atoms. The minimum atomic E-state index is -0.726. The molecule has 0 radical (unpaired) electrons. The summed E-state index contributed by atoms with van der Waals surface area (Å²) in [6.07, 6.45) is 1.11. The fourth-order valence-electron chi connectivity index (χ4n) is 0.925. The molecule has 1 aromatic rings. The molecule has 0 unspecified atom stereocenters. The van der Waals surface area contributed by atoms with Gasteiger partial charge in [0, 0.05) is 24.8 Å². The fourth-order valence-corrected chi connectivity index (χ4v) is 1.17. The van der Waals surface area contributed by atoms with Crippen molar-refractivity contribution in [1.29, 1.82) is 0 Å². The van der Waals surface area contributed by atoms with Crippen LogP contribution >= 0.6 is 11.6 Å². The number of aromatic nitrogens is 1. The van der Waals surface area contributed by atoms with Crippen molar-refractivity contribution in [3.8, 4) is 0 Å². The molecule has 0 saturated carbocycles. The smallest absolute Gasteiger partial charge is 0.134 e. The van der Waals surface area contributed by atoms with Crippen LogP contribution in [0.5, 0.6) is 0 Å². The van der Waals surface area contributed by atoms with E-state index in [4.69, 9.17) is 16.7 Å². The summed E-state index contributed by atoms with van der Waals surface area (Å²) in [6.45, 7) is -0.0631. The van der Waals surface area contributed by atoms with Crippen LogP contribution in [0.3, 0.4) is 0 Å². The van der Waals surface area contributed by atoms with Gasteiger partial charge in [0.1, 0.15) is 5.15 Å². The predicted octanol–water partition coefficient (Wildman–Crippen LogP) is 1.15. The Morgan fingerprint density at radius 2 is 2.33 bits per heavy atom. The first kappa shape index (κ1) is 9.45. The second kappa shape index (κ2) is 4.40. The van der Waals surface area contributed by atoms with E-state index in [-0.39, 0.29) is 13.0 Å². The minimum absolute atomic E-state index is 0.0631. The largest absolute Gasteiger partial charge is 0.396 e. The maximum Gasteiger partial charge on any atom is 0.134 e. The topological polar surface area (TPSA) is 53.4 Å². The van der Waals surface area contributed by atoms with Gasteiger partial charge in [-0.3, -0.25) is 0 Å². The van der Waals surface area contributed by atoms with E-state index >= 15 is 0 Å². The molecule has 0 fully saturated rings. The van der Waals surface area contributed by atoms with Gasteiger partial charge >= 0.3 is 0 Å². The summed E-state index contributed by atoms with van der Waals surface area (Å²) in [6, 6.07) is 3.39. The van der Waals surface area contributed by atoms with Gasteiger partial charge in [0.25, 0.3) is 0 Å². The van der Waals surface area contributed by atoms with E-state index in [2.05, 4.69) is 4.98 Å². The highest BCUT2D eigenvalue weighted by atomic mass is 35.5. The molecule has 0 saturated heterocycles. The van der Waals surface area contributed by atoms with Gasteiger partial charge in [0.05, 0.1) is 6.10 Å². The van der Waals surface area contributed by atoms with Crippen molar-refractivity contribution in [3.63, 3.8) is 0 Å². The van der Waals surface area contributed by atoms with Crippen LogP contribution in [0.4, 0.5) is 0 Å². The third-order valence-electron chi connectivity index (χ3n) is 1.55. The van der Waals surface area contributed by atoms with Gasteiger partial charge in [-0.15, -0.1) is 0 Å². The lowest BCUT2D eigenvalue weighted by molar-refractivity contribution is 0.134. The van der Waals surface area contributed by atoms with Crippen LogP contribution in [0.25, 0.3) is 0 Å². The third-order valence-corrected chi connectivity index (χ3v) is 1.87. The maximum absolute atomic E-state index is 9.42. The van der Waals surface area contributed by atoms with E-state index in [1.54, 1.807) is 18.3 Å². The van der Waals surface area contributed by atoms with Crippen LogP contribution in [0.2, 0.25) is 5.15 Å². The van der Waals surface area contributed by atoms with Crippen LogP contribution < -0.4 is 0 Å². The summed E-state index contributed by atoms with van der Waals surface area (Å²) in [5, 5.41) is 18.3. The van der Waals surface area contributed by atoms with Crippen LogP contribution in [0.1, 0.15) is 18.1 Å².